The Hall–Kier alpha value is -6.82. The molecule has 0 spiro atoms. The summed E-state index contributed by atoms with van der Waals surface area (Å²) in [6.45, 7) is 13.3. The fourth-order valence-corrected chi connectivity index (χ4v) is 9.43. The van der Waals surface area contributed by atoms with Crippen LogP contribution in [-0.4, -0.2) is 77.0 Å². The normalized spacial score (nSPS) is 13.6. The summed E-state index contributed by atoms with van der Waals surface area (Å²) in [5, 5.41) is 4.53. The second-order valence-electron chi connectivity index (χ2n) is 20.9. The Morgan fingerprint density at radius 2 is 0.874 bits per heavy atom. The van der Waals surface area contributed by atoms with Crippen molar-refractivity contribution in [3.63, 3.8) is 0 Å². The van der Waals surface area contributed by atoms with Gasteiger partial charge >= 0.3 is 48.3 Å². The van der Waals surface area contributed by atoms with Gasteiger partial charge in [0.2, 0.25) is 12.5 Å². The van der Waals surface area contributed by atoms with Crippen LogP contribution >= 0.6 is 58.0 Å². The molecule has 0 bridgehead atoms. The number of halogens is 20. The average molecular weight is 1470 g/mol. The highest BCUT2D eigenvalue weighted by molar-refractivity contribution is 6.62. The van der Waals surface area contributed by atoms with Crippen LogP contribution in [0.25, 0.3) is 0 Å². The van der Waals surface area contributed by atoms with Crippen LogP contribution < -0.4 is 16.4 Å². The molecule has 1 heterocycles. The quantitative estimate of drug-likeness (QED) is 0.0296. The number of aryl methyl sites for hydroxylation is 1. The van der Waals surface area contributed by atoms with E-state index in [9.17, 15) is 85.0 Å². The lowest BCUT2D eigenvalue weighted by molar-refractivity contribution is -0.158. The first kappa shape index (κ1) is 84.3. The molecule has 4 N–H and O–H groups in total. The molecule has 95 heavy (non-hydrogen) atoms. The molecule has 6 atom stereocenters. The van der Waals surface area contributed by atoms with E-state index < -0.39 is 106 Å². The van der Waals surface area contributed by atoms with E-state index in [1.165, 1.54) is 61.7 Å². The van der Waals surface area contributed by atoms with Crippen molar-refractivity contribution in [2.24, 2.45) is 5.73 Å². The number of nitrogens with zero attached hydrogens (tertiary/aromatic N) is 4. The Morgan fingerprint density at radius 3 is 1.18 bits per heavy atom. The Kier molecular flexibility index (Phi) is 32.4. The first-order valence-corrected chi connectivity index (χ1v) is 29.6. The van der Waals surface area contributed by atoms with Gasteiger partial charge in [-0.15, -0.1) is 0 Å². The van der Waals surface area contributed by atoms with Crippen LogP contribution in [0.1, 0.15) is 146 Å². The van der Waals surface area contributed by atoms with Gasteiger partial charge in [-0.05, 0) is 174 Å². The molecule has 5 aromatic carbocycles. The van der Waals surface area contributed by atoms with Crippen LogP contribution in [0.15, 0.2) is 109 Å². The minimum Gasteiger partial charge on any atom is -0.460 e. The number of hydrogen-bond acceptors (Lipinski definition) is 10. The highest BCUT2D eigenvalue weighted by Gasteiger charge is 2.36. The second-order valence-corrected chi connectivity index (χ2v) is 22.8. The van der Waals surface area contributed by atoms with E-state index in [0.29, 0.717) is 28.7 Å². The van der Waals surface area contributed by atoms with Crippen LogP contribution in [0.3, 0.4) is 0 Å². The molecule has 0 unspecified atom stereocenters. The third-order valence-electron chi connectivity index (χ3n) is 13.6. The highest BCUT2D eigenvalue weighted by atomic mass is 35.5. The molecule has 33 heteroatoms. The van der Waals surface area contributed by atoms with Gasteiger partial charge in [0.15, 0.2) is 0 Å². The maximum Gasteiger partial charge on any atom is 0.416 e. The SMILES string of the molecule is CC(C)OC(=O)[C@@H](Cc1ncccn1)OC(=O)N(C)[C@@H](C)c1ccc(C(F)(F)F)cc1Cl.CN[C@@H](C)c1ccc(C(F)(F)F)cc1Cl.C[C@@H](c1ccc(C(F)(F)F)cc1Cl)N(C)C(=O)Cl.C[C@H](NC=O)c1ccc(C(F)(F)F)cc1Cl.Cc1cc(C(F)(F)F)ccc1[C@H](C)N. The van der Waals surface area contributed by atoms with Gasteiger partial charge in [0, 0.05) is 58.7 Å². The summed E-state index contributed by atoms with van der Waals surface area (Å²) in [6.07, 6.45) is -21.3. The van der Waals surface area contributed by atoms with Crippen molar-refractivity contribution in [3.05, 3.63) is 197 Å². The van der Waals surface area contributed by atoms with E-state index in [2.05, 4.69) is 20.6 Å². The van der Waals surface area contributed by atoms with Crippen molar-refractivity contribution in [2.45, 2.75) is 135 Å². The summed E-state index contributed by atoms with van der Waals surface area (Å²) in [5.74, 6) is -0.498. The Balaban J connectivity index is 0.000000423. The molecule has 0 aliphatic rings. The van der Waals surface area contributed by atoms with E-state index in [1.807, 2.05) is 6.92 Å². The smallest absolute Gasteiger partial charge is 0.416 e. The van der Waals surface area contributed by atoms with Gasteiger partial charge in [0.1, 0.15) is 5.82 Å². The Morgan fingerprint density at radius 1 is 0.537 bits per heavy atom. The summed E-state index contributed by atoms with van der Waals surface area (Å²) in [7, 11) is 4.54. The van der Waals surface area contributed by atoms with Crippen LogP contribution in [0.2, 0.25) is 20.1 Å². The lowest BCUT2D eigenvalue weighted by atomic mass is 10.0. The van der Waals surface area contributed by atoms with Crippen LogP contribution in [0.5, 0.6) is 0 Å². The number of nitrogens with one attached hydrogen (secondary N) is 2. The third-order valence-corrected chi connectivity index (χ3v) is 15.1. The largest absolute Gasteiger partial charge is 0.460 e. The van der Waals surface area contributed by atoms with Crippen LogP contribution in [0.4, 0.5) is 75.4 Å². The maximum atomic E-state index is 12.9. The van der Waals surface area contributed by atoms with Crippen molar-refractivity contribution in [2.75, 3.05) is 21.1 Å². The molecule has 13 nitrogen and oxygen atoms in total. The summed E-state index contributed by atoms with van der Waals surface area (Å²) < 4.78 is 197. The molecular formula is C62H65Cl5F15N7O6. The monoisotopic (exact) mass is 1460 g/mol. The maximum absolute atomic E-state index is 12.9. The summed E-state index contributed by atoms with van der Waals surface area (Å²) >= 11 is 28.6. The number of aromatic nitrogens is 2. The van der Waals surface area contributed by atoms with E-state index in [1.54, 1.807) is 61.6 Å². The van der Waals surface area contributed by atoms with Crippen LogP contribution in [0, 0.1) is 6.92 Å². The lowest BCUT2D eigenvalue weighted by Crippen LogP contribution is -2.39. The molecule has 1 aromatic heterocycles. The van der Waals surface area contributed by atoms with Gasteiger partial charge in [-0.3, -0.25) is 9.59 Å². The first-order chi connectivity index (χ1) is 43.6. The first-order valence-electron chi connectivity index (χ1n) is 27.7. The number of alkyl halides is 15. The minimum absolute atomic E-state index is 0.0170. The molecule has 524 valence electrons. The van der Waals surface area contributed by atoms with Gasteiger partial charge in [-0.1, -0.05) is 76.7 Å². The topological polar surface area (TPSA) is 169 Å². The fraction of sp³-hybridized carbons (Fsp3) is 0.387. The second kappa shape index (κ2) is 36.5. The molecule has 3 amide bonds. The highest BCUT2D eigenvalue weighted by Crippen LogP contribution is 2.39. The van der Waals surface area contributed by atoms with Gasteiger partial charge < -0.3 is 35.6 Å². The van der Waals surface area contributed by atoms with E-state index in [0.717, 1.165) is 71.1 Å². The van der Waals surface area contributed by atoms with Crippen molar-refractivity contribution < 1.29 is 94.5 Å². The molecule has 0 saturated carbocycles. The number of ether oxygens (including phenoxy) is 2. The van der Waals surface area contributed by atoms with Crippen molar-refractivity contribution in [1.29, 1.82) is 0 Å². The molecule has 0 fully saturated rings. The number of amides is 3. The number of rotatable bonds is 15. The van der Waals surface area contributed by atoms with E-state index in [4.69, 9.17) is 73.2 Å². The van der Waals surface area contributed by atoms with Crippen molar-refractivity contribution in [3.8, 4) is 0 Å². The summed E-state index contributed by atoms with van der Waals surface area (Å²) in [6, 6.07) is 15.5. The number of benzene rings is 5. The number of carbonyl (C=O) groups is 4. The average Bonchev–Trinajstić information content (AvgIpc) is 0.852. The number of nitrogens with two attached hydrogens (primary N) is 1. The predicted octanol–water partition coefficient (Wildman–Crippen LogP) is 19.4. The molecule has 6 aromatic rings. The molecular weight excluding hydrogens is 1400 g/mol. The standard InChI is InChI=1S/C21H23ClF3N3O4.C11H10Cl2F3NO.C10H9ClF3NO.C10H11ClF3N.C10H12F3N/c1-12(2)31-19(29)17(11-18-26-8-5-9-27-18)32-20(30)28(4)13(3)15-7-6-14(10-16(15)22)21(23,24)25;1-6(17(2)10(13)18)8-4-3-7(5-9(8)12)11(14,15)16;1-6(15-5-16)8-3-2-7(4-9(8)11)10(12,13)14;1-6(15-2)8-4-3-7(5-9(8)11)10(12,13)14;1-6-5-8(10(11,12)13)3-4-9(6)7(2)14/h5-10,12-13,17H,11H2,1-4H3;3-6H,1-2H3;2-6H,1H3,(H,15,16);3-6,15H,1-2H3;3-5,7H,14H2,1-2H3/t13-,17+;3*6-;7-/m00000/s1. The zero-order chi connectivity index (χ0) is 73.1. The summed E-state index contributed by atoms with van der Waals surface area (Å²) in [4.78, 5) is 56.7. The fourth-order valence-electron chi connectivity index (χ4n) is 7.92. The van der Waals surface area contributed by atoms with Gasteiger partial charge in [0.25, 0.3) is 0 Å². The number of hydrogen-bond donors (Lipinski definition) is 3. The van der Waals surface area contributed by atoms with Crippen LogP contribution in [-0.2, 0) is 56.4 Å². The third kappa shape index (κ3) is 27.0. The molecule has 0 radical (unpaired) electrons. The molecule has 0 aliphatic carbocycles. The zero-order valence-corrected chi connectivity index (χ0v) is 55.9. The van der Waals surface area contributed by atoms with Gasteiger partial charge in [0.05, 0.1) is 58.5 Å². The number of esters is 1. The molecule has 0 saturated heterocycles. The lowest BCUT2D eigenvalue weighted by Gasteiger charge is -2.27. The van der Waals surface area contributed by atoms with Gasteiger partial charge in [-0.2, -0.15) is 65.9 Å². The van der Waals surface area contributed by atoms with Crippen molar-refractivity contribution in [1.82, 2.24) is 30.4 Å². The Labute approximate surface area is 562 Å². The summed E-state index contributed by atoms with van der Waals surface area (Å²) in [5.41, 5.74) is 4.83. The Bertz CT molecular complexity index is 3490. The van der Waals surface area contributed by atoms with Crippen molar-refractivity contribution >= 4 is 81.8 Å². The van der Waals surface area contributed by atoms with E-state index in [-0.39, 0.29) is 50.0 Å². The minimum atomic E-state index is -4.54. The van der Waals surface area contributed by atoms with E-state index >= 15 is 0 Å². The molecule has 6 rings (SSSR count). The zero-order valence-electron chi connectivity index (χ0n) is 52.1. The predicted molar refractivity (Wildman–Crippen MR) is 331 cm³/mol. The van der Waals surface area contributed by atoms with Gasteiger partial charge in [-0.25, -0.2) is 19.6 Å². The molecule has 0 aliphatic heterocycles. The number of carbonyl (C=O) groups excluding carboxylic acids is 4.